The minimum Gasteiger partial charge on any atom is -0.267 e. The van der Waals surface area contributed by atoms with E-state index in [4.69, 9.17) is 0 Å². The van der Waals surface area contributed by atoms with Crippen molar-refractivity contribution in [2.75, 3.05) is 0 Å². The number of pyridine rings is 1. The van der Waals surface area contributed by atoms with E-state index in [1.54, 1.807) is 17.4 Å². The van der Waals surface area contributed by atoms with Crippen LogP contribution in [0.2, 0.25) is 0 Å². The molecule has 0 spiro atoms. The summed E-state index contributed by atoms with van der Waals surface area (Å²) < 4.78 is 1.02. The van der Waals surface area contributed by atoms with Crippen LogP contribution in [0.1, 0.15) is 33.9 Å². The Kier molecular flexibility index (Phi) is 4.63. The monoisotopic (exact) mass is 405 g/mol. The first-order valence-electron chi connectivity index (χ1n) is 8.34. The molecule has 0 bridgehead atoms. The highest BCUT2D eigenvalue weighted by atomic mass is 79.9. The number of rotatable bonds is 3. The molecule has 4 rings (SSSR count). The van der Waals surface area contributed by atoms with Crippen LogP contribution >= 0.6 is 15.9 Å². The Labute approximate surface area is 160 Å². The van der Waals surface area contributed by atoms with E-state index in [0.717, 1.165) is 21.3 Å². The molecule has 1 amide bonds. The molecule has 128 valence electrons. The maximum Gasteiger partial charge on any atom is 0.274 e. The molecule has 0 fully saturated rings. The highest BCUT2D eigenvalue weighted by Gasteiger charge is 2.33. The van der Waals surface area contributed by atoms with Crippen LogP contribution in [-0.2, 0) is 0 Å². The van der Waals surface area contributed by atoms with Crippen molar-refractivity contribution in [1.82, 2.24) is 9.99 Å². The third-order valence-corrected chi connectivity index (χ3v) is 4.94. The molecule has 4 nitrogen and oxygen atoms in total. The van der Waals surface area contributed by atoms with Gasteiger partial charge in [0, 0.05) is 28.9 Å². The lowest BCUT2D eigenvalue weighted by Gasteiger charge is -2.22. The molecule has 0 N–H and O–H groups in total. The summed E-state index contributed by atoms with van der Waals surface area (Å²) in [5.74, 6) is -0.0977. The number of hydrogen-bond acceptors (Lipinski definition) is 3. The zero-order valence-electron chi connectivity index (χ0n) is 13.9. The van der Waals surface area contributed by atoms with E-state index in [0.29, 0.717) is 12.0 Å². The molecule has 1 atom stereocenters. The number of aromatic nitrogens is 1. The number of nitrogens with zero attached hydrogens (tertiary/aromatic N) is 3. The van der Waals surface area contributed by atoms with Crippen molar-refractivity contribution in [1.29, 1.82) is 0 Å². The minimum atomic E-state index is -0.135. The number of carbonyl (C=O) groups excluding carboxylic acids is 1. The zero-order chi connectivity index (χ0) is 17.9. The minimum absolute atomic E-state index is 0.0977. The molecule has 0 radical (unpaired) electrons. The second kappa shape index (κ2) is 7.22. The van der Waals surface area contributed by atoms with Gasteiger partial charge in [0.2, 0.25) is 0 Å². The second-order valence-electron chi connectivity index (χ2n) is 6.07. The first kappa shape index (κ1) is 16.7. The third-order valence-electron chi connectivity index (χ3n) is 4.41. The SMILES string of the molecule is O=C(c1ccccc1)N1N=C(c2ccc(Br)cc2)CC1c1ccncc1. The fourth-order valence-corrected chi connectivity index (χ4v) is 3.34. The smallest absolute Gasteiger partial charge is 0.267 e. The van der Waals surface area contributed by atoms with Crippen LogP contribution in [0.25, 0.3) is 0 Å². The summed E-state index contributed by atoms with van der Waals surface area (Å²) in [4.78, 5) is 17.1. The van der Waals surface area contributed by atoms with Gasteiger partial charge in [0.15, 0.2) is 0 Å². The molecule has 1 aliphatic rings. The van der Waals surface area contributed by atoms with E-state index in [2.05, 4.69) is 26.0 Å². The van der Waals surface area contributed by atoms with Gasteiger partial charge < -0.3 is 0 Å². The summed E-state index contributed by atoms with van der Waals surface area (Å²) in [5.41, 5.74) is 3.59. The van der Waals surface area contributed by atoms with Crippen molar-refractivity contribution < 1.29 is 4.79 Å². The van der Waals surface area contributed by atoms with E-state index in [-0.39, 0.29) is 11.9 Å². The van der Waals surface area contributed by atoms with E-state index < -0.39 is 0 Å². The Balaban J connectivity index is 1.72. The van der Waals surface area contributed by atoms with Gasteiger partial charge >= 0.3 is 0 Å². The van der Waals surface area contributed by atoms with Crippen LogP contribution in [0.15, 0.2) is 88.7 Å². The van der Waals surface area contributed by atoms with Crippen LogP contribution in [0.4, 0.5) is 0 Å². The summed E-state index contributed by atoms with van der Waals surface area (Å²) >= 11 is 3.46. The molecule has 3 aromatic rings. The summed E-state index contributed by atoms with van der Waals surface area (Å²) in [6.07, 6.45) is 4.17. The lowest BCUT2D eigenvalue weighted by Crippen LogP contribution is -2.27. The van der Waals surface area contributed by atoms with Gasteiger partial charge in [-0.15, -0.1) is 0 Å². The molecule has 5 heteroatoms. The molecule has 0 aliphatic carbocycles. The Hall–Kier alpha value is -2.79. The highest BCUT2D eigenvalue weighted by molar-refractivity contribution is 9.10. The second-order valence-corrected chi connectivity index (χ2v) is 6.99. The van der Waals surface area contributed by atoms with Gasteiger partial charge in [-0.2, -0.15) is 5.10 Å². The van der Waals surface area contributed by atoms with Crippen LogP contribution < -0.4 is 0 Å². The summed E-state index contributed by atoms with van der Waals surface area (Å²) in [6, 6.07) is 21.0. The van der Waals surface area contributed by atoms with Crippen molar-refractivity contribution in [2.45, 2.75) is 12.5 Å². The number of hydrogen-bond donors (Lipinski definition) is 0. The lowest BCUT2D eigenvalue weighted by molar-refractivity contribution is 0.0711. The van der Waals surface area contributed by atoms with E-state index in [9.17, 15) is 4.79 Å². The zero-order valence-corrected chi connectivity index (χ0v) is 15.5. The number of benzene rings is 2. The molecule has 1 aliphatic heterocycles. The maximum atomic E-state index is 13.1. The Morgan fingerprint density at radius 1 is 0.962 bits per heavy atom. The highest BCUT2D eigenvalue weighted by Crippen LogP contribution is 2.33. The molecule has 0 saturated heterocycles. The van der Waals surface area contributed by atoms with Gasteiger partial charge in [0.05, 0.1) is 11.8 Å². The number of amides is 1. The molecule has 1 unspecified atom stereocenters. The molecule has 2 aromatic carbocycles. The number of carbonyl (C=O) groups is 1. The van der Waals surface area contributed by atoms with Gasteiger partial charge in [-0.25, -0.2) is 5.01 Å². The standard InChI is InChI=1S/C21H16BrN3O/c22-18-8-6-15(7-9-18)19-14-20(16-10-12-23-13-11-16)25(24-19)21(26)17-4-2-1-3-5-17/h1-13,20H,14H2. The van der Waals surface area contributed by atoms with Crippen LogP contribution in [0.5, 0.6) is 0 Å². The summed E-state index contributed by atoms with van der Waals surface area (Å²) in [7, 11) is 0. The van der Waals surface area contributed by atoms with Gasteiger partial charge in [-0.05, 0) is 47.5 Å². The van der Waals surface area contributed by atoms with Crippen molar-refractivity contribution in [3.63, 3.8) is 0 Å². The first-order chi connectivity index (χ1) is 12.7. The fourth-order valence-electron chi connectivity index (χ4n) is 3.07. The molecule has 0 saturated carbocycles. The van der Waals surface area contributed by atoms with Crippen LogP contribution in [-0.4, -0.2) is 21.6 Å². The van der Waals surface area contributed by atoms with E-state index >= 15 is 0 Å². The quantitative estimate of drug-likeness (QED) is 0.625. The Morgan fingerprint density at radius 3 is 2.35 bits per heavy atom. The molecule has 2 heterocycles. The van der Waals surface area contributed by atoms with Crippen LogP contribution in [0.3, 0.4) is 0 Å². The van der Waals surface area contributed by atoms with Crippen molar-refractivity contribution in [3.8, 4) is 0 Å². The van der Waals surface area contributed by atoms with Gasteiger partial charge in [0.1, 0.15) is 0 Å². The molecular formula is C21H16BrN3O. The van der Waals surface area contributed by atoms with E-state index in [1.807, 2.05) is 66.7 Å². The van der Waals surface area contributed by atoms with Crippen molar-refractivity contribution in [3.05, 3.63) is 100 Å². The van der Waals surface area contributed by atoms with Gasteiger partial charge in [-0.1, -0.05) is 46.3 Å². The Morgan fingerprint density at radius 2 is 1.65 bits per heavy atom. The first-order valence-corrected chi connectivity index (χ1v) is 9.13. The maximum absolute atomic E-state index is 13.1. The fraction of sp³-hybridized carbons (Fsp3) is 0.0952. The predicted molar refractivity (Wildman–Crippen MR) is 105 cm³/mol. The average molecular weight is 406 g/mol. The van der Waals surface area contributed by atoms with Gasteiger partial charge in [0.25, 0.3) is 5.91 Å². The summed E-state index contributed by atoms with van der Waals surface area (Å²) in [6.45, 7) is 0. The average Bonchev–Trinajstić information content (AvgIpc) is 3.15. The third kappa shape index (κ3) is 3.30. The predicted octanol–water partition coefficient (Wildman–Crippen LogP) is 4.84. The normalized spacial score (nSPS) is 16.4. The largest absolute Gasteiger partial charge is 0.274 e. The summed E-state index contributed by atoms with van der Waals surface area (Å²) in [5, 5.41) is 6.29. The molecule has 1 aromatic heterocycles. The lowest BCUT2D eigenvalue weighted by atomic mass is 9.99. The van der Waals surface area contributed by atoms with Crippen LogP contribution in [0, 0.1) is 0 Å². The van der Waals surface area contributed by atoms with Crippen molar-refractivity contribution >= 4 is 27.5 Å². The molecule has 26 heavy (non-hydrogen) atoms. The van der Waals surface area contributed by atoms with Crippen molar-refractivity contribution in [2.24, 2.45) is 5.10 Å². The molecular weight excluding hydrogens is 390 g/mol. The number of hydrazone groups is 1. The number of halogens is 1. The van der Waals surface area contributed by atoms with Gasteiger partial charge in [-0.3, -0.25) is 9.78 Å². The Bertz CT molecular complexity index is 940. The topological polar surface area (TPSA) is 45.6 Å². The van der Waals surface area contributed by atoms with E-state index in [1.165, 1.54) is 0 Å².